The molecule has 8 heteroatoms. The van der Waals surface area contributed by atoms with Crippen LogP contribution in [0.3, 0.4) is 0 Å². The van der Waals surface area contributed by atoms with E-state index < -0.39 is 23.7 Å². The minimum Gasteiger partial charge on any atom is -0.346 e. The minimum atomic E-state index is -4.44. The van der Waals surface area contributed by atoms with E-state index in [1.165, 1.54) is 17.0 Å². The van der Waals surface area contributed by atoms with Crippen LogP contribution in [-0.4, -0.2) is 36.3 Å². The molecular formula is C15H20F3N3O2. The summed E-state index contributed by atoms with van der Waals surface area (Å²) in [7, 11) is 0. The van der Waals surface area contributed by atoms with Gasteiger partial charge in [0.1, 0.15) is 0 Å². The first kappa shape index (κ1) is 19.0. The number of benzene rings is 1. The lowest BCUT2D eigenvalue weighted by atomic mass is 10.0. The van der Waals surface area contributed by atoms with Crippen LogP contribution in [0, 0.1) is 0 Å². The molecule has 0 heterocycles. The lowest BCUT2D eigenvalue weighted by Crippen LogP contribution is -2.42. The van der Waals surface area contributed by atoms with E-state index in [-0.39, 0.29) is 19.0 Å². The van der Waals surface area contributed by atoms with E-state index in [0.29, 0.717) is 12.1 Å². The first-order valence-corrected chi connectivity index (χ1v) is 7.14. The predicted octanol–water partition coefficient (Wildman–Crippen LogP) is 1.69. The molecule has 5 nitrogen and oxygen atoms in total. The number of nitrogens with one attached hydrogen (secondary N) is 1. The molecule has 1 aromatic carbocycles. The van der Waals surface area contributed by atoms with Crippen molar-refractivity contribution in [3.63, 3.8) is 0 Å². The molecular weight excluding hydrogens is 311 g/mol. The number of hydrogen-bond donors (Lipinski definition) is 2. The van der Waals surface area contributed by atoms with Crippen LogP contribution in [0.25, 0.3) is 0 Å². The Balaban J connectivity index is 2.90. The van der Waals surface area contributed by atoms with Crippen molar-refractivity contribution in [3.05, 3.63) is 35.4 Å². The van der Waals surface area contributed by atoms with Crippen molar-refractivity contribution >= 4 is 11.8 Å². The van der Waals surface area contributed by atoms with E-state index in [9.17, 15) is 22.8 Å². The van der Waals surface area contributed by atoms with Gasteiger partial charge in [0.15, 0.2) is 0 Å². The van der Waals surface area contributed by atoms with Crippen LogP contribution in [0.15, 0.2) is 24.3 Å². The van der Waals surface area contributed by atoms with Crippen LogP contribution in [-0.2, 0) is 15.8 Å². The topological polar surface area (TPSA) is 75.4 Å². The van der Waals surface area contributed by atoms with Crippen molar-refractivity contribution in [3.8, 4) is 0 Å². The average molecular weight is 331 g/mol. The molecule has 0 fully saturated rings. The maximum Gasteiger partial charge on any atom is 0.416 e. The van der Waals surface area contributed by atoms with Gasteiger partial charge in [0.05, 0.1) is 24.7 Å². The Hall–Kier alpha value is -2.09. The smallest absolute Gasteiger partial charge is 0.346 e. The van der Waals surface area contributed by atoms with Gasteiger partial charge in [0.2, 0.25) is 11.8 Å². The fourth-order valence-electron chi connectivity index (χ4n) is 2.17. The lowest BCUT2D eigenvalue weighted by Gasteiger charge is -2.29. The van der Waals surface area contributed by atoms with E-state index >= 15 is 0 Å². The Morgan fingerprint density at radius 1 is 1.35 bits per heavy atom. The van der Waals surface area contributed by atoms with Crippen LogP contribution >= 0.6 is 0 Å². The van der Waals surface area contributed by atoms with Gasteiger partial charge in [-0.05, 0) is 31.5 Å². The van der Waals surface area contributed by atoms with E-state index in [2.05, 4.69) is 5.32 Å². The van der Waals surface area contributed by atoms with Crippen LogP contribution in [0.2, 0.25) is 0 Å². The number of hydrogen-bond acceptors (Lipinski definition) is 3. The second-order valence-corrected chi connectivity index (χ2v) is 4.96. The third kappa shape index (κ3) is 5.24. The van der Waals surface area contributed by atoms with Crippen molar-refractivity contribution < 1.29 is 22.8 Å². The summed E-state index contributed by atoms with van der Waals surface area (Å²) >= 11 is 0. The molecule has 0 saturated carbocycles. The summed E-state index contributed by atoms with van der Waals surface area (Å²) in [6, 6.07) is 4.30. The number of halogens is 3. The van der Waals surface area contributed by atoms with Crippen molar-refractivity contribution in [1.82, 2.24) is 10.2 Å². The highest BCUT2D eigenvalue weighted by Crippen LogP contribution is 2.31. The largest absolute Gasteiger partial charge is 0.416 e. The van der Waals surface area contributed by atoms with Gasteiger partial charge in [-0.15, -0.1) is 0 Å². The highest BCUT2D eigenvalue weighted by Gasteiger charge is 2.31. The lowest BCUT2D eigenvalue weighted by molar-refractivity contribution is -0.137. The zero-order chi connectivity index (χ0) is 17.6. The number of carbonyl (C=O) groups is 2. The van der Waals surface area contributed by atoms with Gasteiger partial charge in [-0.1, -0.05) is 12.1 Å². The molecule has 0 aliphatic rings. The van der Waals surface area contributed by atoms with Crippen LogP contribution < -0.4 is 11.1 Å². The average Bonchev–Trinajstić information content (AvgIpc) is 2.52. The first-order chi connectivity index (χ1) is 10.7. The molecule has 0 aromatic heterocycles. The Morgan fingerprint density at radius 2 is 2.00 bits per heavy atom. The SMILES string of the molecule is CCN(C(=O)CNC(=O)CN)C(C)c1cccc(C(F)(F)F)c1. The standard InChI is InChI=1S/C15H20F3N3O2/c1-3-21(14(23)9-20-13(22)8-19)10(2)11-5-4-6-12(7-11)15(16,17)18/h4-7,10H,3,8-9,19H2,1-2H3,(H,20,22). The van der Waals surface area contributed by atoms with Gasteiger partial charge in [-0.25, -0.2) is 0 Å². The zero-order valence-electron chi connectivity index (χ0n) is 13.0. The number of amides is 2. The van der Waals surface area contributed by atoms with Crippen LogP contribution in [0.1, 0.15) is 31.0 Å². The van der Waals surface area contributed by atoms with Gasteiger partial charge in [-0.2, -0.15) is 13.2 Å². The molecule has 1 rings (SSSR count). The zero-order valence-corrected chi connectivity index (χ0v) is 13.0. The van der Waals surface area contributed by atoms with Gasteiger partial charge in [-0.3, -0.25) is 9.59 Å². The summed E-state index contributed by atoms with van der Waals surface area (Å²) in [6.45, 7) is 3.18. The molecule has 0 spiro atoms. The molecule has 1 unspecified atom stereocenters. The Morgan fingerprint density at radius 3 is 2.52 bits per heavy atom. The number of nitrogens with two attached hydrogens (primary N) is 1. The Kier molecular flexibility index (Phi) is 6.56. The Bertz CT molecular complexity index is 561. The van der Waals surface area contributed by atoms with Crippen molar-refractivity contribution in [2.24, 2.45) is 5.73 Å². The fraction of sp³-hybridized carbons (Fsp3) is 0.467. The molecule has 3 N–H and O–H groups in total. The maximum absolute atomic E-state index is 12.8. The number of carbonyl (C=O) groups excluding carboxylic acids is 2. The maximum atomic E-state index is 12.8. The third-order valence-electron chi connectivity index (χ3n) is 3.45. The van der Waals surface area contributed by atoms with Gasteiger partial charge in [0, 0.05) is 6.54 Å². The summed E-state index contributed by atoms with van der Waals surface area (Å²) in [6.07, 6.45) is -4.44. The minimum absolute atomic E-state index is 0.234. The van der Waals surface area contributed by atoms with Crippen LogP contribution in [0.5, 0.6) is 0 Å². The van der Waals surface area contributed by atoms with Gasteiger partial charge >= 0.3 is 6.18 Å². The highest BCUT2D eigenvalue weighted by atomic mass is 19.4. The van der Waals surface area contributed by atoms with E-state index in [1.807, 2.05) is 0 Å². The molecule has 2 amide bonds. The molecule has 23 heavy (non-hydrogen) atoms. The number of rotatable bonds is 6. The summed E-state index contributed by atoms with van der Waals surface area (Å²) in [5.74, 6) is -0.861. The summed E-state index contributed by atoms with van der Waals surface area (Å²) < 4.78 is 38.3. The predicted molar refractivity (Wildman–Crippen MR) is 79.3 cm³/mol. The second kappa shape index (κ2) is 7.96. The normalized spacial score (nSPS) is 12.6. The molecule has 0 saturated heterocycles. The van der Waals surface area contributed by atoms with E-state index in [4.69, 9.17) is 5.73 Å². The van der Waals surface area contributed by atoms with Crippen molar-refractivity contribution in [2.75, 3.05) is 19.6 Å². The highest BCUT2D eigenvalue weighted by molar-refractivity contribution is 5.85. The van der Waals surface area contributed by atoms with Gasteiger partial charge in [0.25, 0.3) is 0 Å². The Labute approximate surface area is 132 Å². The summed E-state index contributed by atoms with van der Waals surface area (Å²) in [5, 5.41) is 2.35. The van der Waals surface area contributed by atoms with Crippen LogP contribution in [0.4, 0.5) is 13.2 Å². The number of alkyl halides is 3. The second-order valence-electron chi connectivity index (χ2n) is 4.96. The van der Waals surface area contributed by atoms with E-state index in [0.717, 1.165) is 12.1 Å². The molecule has 128 valence electrons. The van der Waals surface area contributed by atoms with E-state index in [1.54, 1.807) is 13.8 Å². The molecule has 1 atom stereocenters. The van der Waals surface area contributed by atoms with Crippen molar-refractivity contribution in [1.29, 1.82) is 0 Å². The molecule has 0 radical (unpaired) electrons. The molecule has 0 bridgehead atoms. The fourth-order valence-corrected chi connectivity index (χ4v) is 2.17. The quantitative estimate of drug-likeness (QED) is 0.833. The van der Waals surface area contributed by atoms with Crippen molar-refractivity contribution in [2.45, 2.75) is 26.1 Å². The summed E-state index contributed by atoms with van der Waals surface area (Å²) in [5.41, 5.74) is 4.74. The first-order valence-electron chi connectivity index (χ1n) is 7.14. The summed E-state index contributed by atoms with van der Waals surface area (Å²) in [4.78, 5) is 24.6. The molecule has 1 aromatic rings. The molecule has 0 aliphatic carbocycles. The molecule has 0 aliphatic heterocycles. The third-order valence-corrected chi connectivity index (χ3v) is 3.45. The van der Waals surface area contributed by atoms with Gasteiger partial charge < -0.3 is 16.0 Å². The number of nitrogens with zero attached hydrogens (tertiary/aromatic N) is 1. The number of likely N-dealkylation sites (N-methyl/N-ethyl adjacent to an activating group) is 1. The monoisotopic (exact) mass is 331 g/mol.